The van der Waals surface area contributed by atoms with Crippen LogP contribution in [0.5, 0.6) is 0 Å². The number of aromatic nitrogens is 1. The Balaban J connectivity index is 3.20. The number of aromatic amines is 1. The Labute approximate surface area is 86.3 Å². The molecule has 0 bridgehead atoms. The van der Waals surface area contributed by atoms with Crippen molar-refractivity contribution in [1.29, 1.82) is 0 Å². The van der Waals surface area contributed by atoms with E-state index in [2.05, 4.69) is 19.9 Å². The predicted molar refractivity (Wildman–Crippen MR) is 52.6 cm³/mol. The van der Waals surface area contributed by atoms with Crippen molar-refractivity contribution in [3.05, 3.63) is 17.3 Å². The standard InChI is InChI=1S/C9H11N3O3/c1-5(13)6-4-7(9(14)15-3)11-8(6)12-10-2/h4,11H,1-3H3. The van der Waals surface area contributed by atoms with E-state index in [9.17, 15) is 9.59 Å². The number of hydrogen-bond donors (Lipinski definition) is 1. The molecular formula is C9H11N3O3. The van der Waals surface area contributed by atoms with Crippen LogP contribution < -0.4 is 0 Å². The molecule has 0 amide bonds. The summed E-state index contributed by atoms with van der Waals surface area (Å²) in [5.41, 5.74) is 0.506. The topological polar surface area (TPSA) is 83.9 Å². The second-order valence-corrected chi connectivity index (χ2v) is 2.79. The van der Waals surface area contributed by atoms with Crippen molar-refractivity contribution in [3.8, 4) is 0 Å². The Morgan fingerprint density at radius 3 is 2.60 bits per heavy atom. The summed E-state index contributed by atoms with van der Waals surface area (Å²) in [6, 6.07) is 1.40. The summed E-state index contributed by atoms with van der Waals surface area (Å²) >= 11 is 0. The molecule has 6 heteroatoms. The molecule has 0 aliphatic heterocycles. The van der Waals surface area contributed by atoms with Gasteiger partial charge in [-0.2, -0.15) is 5.11 Å². The number of nitrogens with zero attached hydrogens (tertiary/aromatic N) is 2. The molecule has 0 aliphatic carbocycles. The SMILES string of the molecule is CN=Nc1[nH]c(C(=O)OC)cc1C(C)=O. The van der Waals surface area contributed by atoms with Crippen molar-refractivity contribution in [2.75, 3.05) is 14.2 Å². The van der Waals surface area contributed by atoms with Gasteiger partial charge in [-0.05, 0) is 13.0 Å². The molecule has 80 valence electrons. The predicted octanol–water partition coefficient (Wildman–Crippen LogP) is 1.72. The third kappa shape index (κ3) is 2.28. The lowest BCUT2D eigenvalue weighted by molar-refractivity contribution is 0.0595. The molecule has 0 unspecified atom stereocenters. The highest BCUT2D eigenvalue weighted by Crippen LogP contribution is 2.20. The molecule has 1 rings (SSSR count). The molecule has 0 aliphatic rings. The Kier molecular flexibility index (Phi) is 3.33. The lowest BCUT2D eigenvalue weighted by atomic mass is 10.2. The molecule has 0 radical (unpaired) electrons. The van der Waals surface area contributed by atoms with Gasteiger partial charge in [-0.25, -0.2) is 4.79 Å². The Morgan fingerprint density at radius 2 is 2.13 bits per heavy atom. The maximum atomic E-state index is 11.2. The number of nitrogens with one attached hydrogen (secondary N) is 1. The Hall–Kier alpha value is -1.98. The summed E-state index contributed by atoms with van der Waals surface area (Å²) in [6.07, 6.45) is 0. The molecular weight excluding hydrogens is 198 g/mol. The average molecular weight is 209 g/mol. The van der Waals surface area contributed by atoms with E-state index in [0.29, 0.717) is 5.56 Å². The lowest BCUT2D eigenvalue weighted by Gasteiger charge is -1.92. The lowest BCUT2D eigenvalue weighted by Crippen LogP contribution is -2.00. The summed E-state index contributed by atoms with van der Waals surface area (Å²) < 4.78 is 4.51. The fourth-order valence-electron chi connectivity index (χ4n) is 1.11. The van der Waals surface area contributed by atoms with Crippen molar-refractivity contribution in [2.24, 2.45) is 10.2 Å². The van der Waals surface area contributed by atoms with Crippen LogP contribution in [0.1, 0.15) is 27.8 Å². The molecule has 6 nitrogen and oxygen atoms in total. The normalized spacial score (nSPS) is 10.6. The molecule has 1 aromatic rings. The second-order valence-electron chi connectivity index (χ2n) is 2.79. The zero-order chi connectivity index (χ0) is 11.4. The fraction of sp³-hybridized carbons (Fsp3) is 0.333. The van der Waals surface area contributed by atoms with Gasteiger partial charge in [0.1, 0.15) is 5.69 Å². The molecule has 0 saturated carbocycles. The van der Waals surface area contributed by atoms with Gasteiger partial charge in [-0.3, -0.25) is 4.79 Å². The zero-order valence-corrected chi connectivity index (χ0v) is 8.70. The summed E-state index contributed by atoms with van der Waals surface area (Å²) in [5, 5.41) is 7.24. The van der Waals surface area contributed by atoms with Crippen molar-refractivity contribution in [1.82, 2.24) is 4.98 Å². The molecule has 1 N–H and O–H groups in total. The third-order valence-corrected chi connectivity index (χ3v) is 1.78. The van der Waals surface area contributed by atoms with E-state index in [4.69, 9.17) is 0 Å². The first kappa shape index (κ1) is 11.1. The first-order valence-electron chi connectivity index (χ1n) is 4.22. The number of esters is 1. The van der Waals surface area contributed by atoms with Gasteiger partial charge in [0.25, 0.3) is 0 Å². The van der Waals surface area contributed by atoms with Gasteiger partial charge < -0.3 is 9.72 Å². The summed E-state index contributed by atoms with van der Waals surface area (Å²) in [4.78, 5) is 25.0. The van der Waals surface area contributed by atoms with Crippen LogP contribution >= 0.6 is 0 Å². The summed E-state index contributed by atoms with van der Waals surface area (Å²) in [7, 11) is 2.74. The van der Waals surface area contributed by atoms with E-state index < -0.39 is 5.97 Å². The molecule has 1 aromatic heterocycles. The van der Waals surface area contributed by atoms with Crippen LogP contribution in [0, 0.1) is 0 Å². The monoisotopic (exact) mass is 209 g/mol. The molecule has 1 heterocycles. The maximum Gasteiger partial charge on any atom is 0.354 e. The van der Waals surface area contributed by atoms with Crippen molar-refractivity contribution in [2.45, 2.75) is 6.92 Å². The minimum Gasteiger partial charge on any atom is -0.464 e. The van der Waals surface area contributed by atoms with Crippen LogP contribution in [0.3, 0.4) is 0 Å². The van der Waals surface area contributed by atoms with E-state index in [1.54, 1.807) is 0 Å². The van der Waals surface area contributed by atoms with Crippen LogP contribution in [0.25, 0.3) is 0 Å². The first-order valence-corrected chi connectivity index (χ1v) is 4.22. The number of azo groups is 1. The van der Waals surface area contributed by atoms with Gasteiger partial charge >= 0.3 is 5.97 Å². The van der Waals surface area contributed by atoms with Gasteiger partial charge in [0.05, 0.1) is 12.7 Å². The van der Waals surface area contributed by atoms with Gasteiger partial charge in [0.15, 0.2) is 11.6 Å². The van der Waals surface area contributed by atoms with Gasteiger partial charge in [0.2, 0.25) is 0 Å². The smallest absolute Gasteiger partial charge is 0.354 e. The number of carbonyl (C=O) groups is 2. The Morgan fingerprint density at radius 1 is 1.47 bits per heavy atom. The highest BCUT2D eigenvalue weighted by atomic mass is 16.5. The molecule has 15 heavy (non-hydrogen) atoms. The Bertz CT molecular complexity index is 420. The van der Waals surface area contributed by atoms with Gasteiger partial charge in [-0.1, -0.05) is 0 Å². The maximum absolute atomic E-state index is 11.2. The minimum absolute atomic E-state index is 0.185. The highest BCUT2D eigenvalue weighted by Gasteiger charge is 2.16. The van der Waals surface area contributed by atoms with Crippen molar-refractivity contribution < 1.29 is 14.3 Å². The second kappa shape index (κ2) is 4.50. The number of ketones is 1. The van der Waals surface area contributed by atoms with Crippen LogP contribution in [0.4, 0.5) is 5.82 Å². The number of Topliss-reactive ketones (excluding diaryl/α,β-unsaturated/α-hetero) is 1. The van der Waals surface area contributed by atoms with Crippen molar-refractivity contribution >= 4 is 17.6 Å². The van der Waals surface area contributed by atoms with Crippen LogP contribution in [0.2, 0.25) is 0 Å². The van der Waals surface area contributed by atoms with E-state index in [0.717, 1.165) is 0 Å². The molecule has 0 atom stereocenters. The van der Waals surface area contributed by atoms with Crippen LogP contribution in [0.15, 0.2) is 16.3 Å². The van der Waals surface area contributed by atoms with E-state index >= 15 is 0 Å². The highest BCUT2D eigenvalue weighted by molar-refractivity contribution is 6.01. The summed E-state index contributed by atoms with van der Waals surface area (Å²) in [6.45, 7) is 1.39. The van der Waals surface area contributed by atoms with Gasteiger partial charge in [-0.15, -0.1) is 5.11 Å². The number of rotatable bonds is 3. The molecule has 0 spiro atoms. The van der Waals surface area contributed by atoms with E-state index in [-0.39, 0.29) is 17.3 Å². The summed E-state index contributed by atoms with van der Waals surface area (Å²) in [5.74, 6) is -0.468. The zero-order valence-electron chi connectivity index (χ0n) is 8.70. The number of hydrogen-bond acceptors (Lipinski definition) is 5. The van der Waals surface area contributed by atoms with Crippen LogP contribution in [-0.2, 0) is 4.74 Å². The average Bonchev–Trinajstić information content (AvgIpc) is 2.61. The minimum atomic E-state index is -0.546. The van der Waals surface area contributed by atoms with Crippen molar-refractivity contribution in [3.63, 3.8) is 0 Å². The third-order valence-electron chi connectivity index (χ3n) is 1.78. The number of carbonyl (C=O) groups excluding carboxylic acids is 2. The molecule has 0 saturated heterocycles. The first-order chi connectivity index (χ1) is 7.10. The molecule has 0 aromatic carbocycles. The van der Waals surface area contributed by atoms with Crippen LogP contribution in [-0.4, -0.2) is 30.9 Å². The molecule has 0 fully saturated rings. The van der Waals surface area contributed by atoms with E-state index in [1.165, 1.54) is 27.1 Å². The largest absolute Gasteiger partial charge is 0.464 e. The number of ether oxygens (including phenoxy) is 1. The number of H-pyrrole nitrogens is 1. The fourth-order valence-corrected chi connectivity index (χ4v) is 1.11. The number of methoxy groups -OCH3 is 1. The van der Waals surface area contributed by atoms with Gasteiger partial charge in [0, 0.05) is 7.05 Å². The van der Waals surface area contributed by atoms with E-state index in [1.807, 2.05) is 0 Å². The quantitative estimate of drug-likeness (QED) is 0.467.